The van der Waals surface area contributed by atoms with Crippen LogP contribution in [0.3, 0.4) is 0 Å². The van der Waals surface area contributed by atoms with Gasteiger partial charge in [0.2, 0.25) is 0 Å². The van der Waals surface area contributed by atoms with Gasteiger partial charge in [-0.25, -0.2) is 0 Å². The molecule has 5 heteroatoms. The third-order valence-electron chi connectivity index (χ3n) is 3.52. The van der Waals surface area contributed by atoms with Gasteiger partial charge in [0.25, 0.3) is 0 Å². The molecule has 0 bridgehead atoms. The van der Waals surface area contributed by atoms with E-state index in [0.717, 1.165) is 32.6 Å². The molecule has 1 unspecified atom stereocenters. The van der Waals surface area contributed by atoms with Crippen LogP contribution in [0.15, 0.2) is 0 Å². The highest BCUT2D eigenvalue weighted by Gasteiger charge is 2.29. The van der Waals surface area contributed by atoms with Gasteiger partial charge in [-0.3, -0.25) is 0 Å². The maximum Gasteiger partial charge on any atom is 0.389 e. The molecule has 0 aromatic carbocycles. The highest BCUT2D eigenvalue weighted by atomic mass is 19.4. The van der Waals surface area contributed by atoms with Gasteiger partial charge in [0.1, 0.15) is 0 Å². The fourth-order valence-corrected chi connectivity index (χ4v) is 2.23. The van der Waals surface area contributed by atoms with Gasteiger partial charge < -0.3 is 10.2 Å². The van der Waals surface area contributed by atoms with Crippen molar-refractivity contribution in [3.05, 3.63) is 0 Å². The smallest absolute Gasteiger partial charge is 0.309 e. The summed E-state index contributed by atoms with van der Waals surface area (Å²) in [4.78, 5) is 2.27. The van der Waals surface area contributed by atoms with Crippen molar-refractivity contribution >= 4 is 0 Å². The van der Waals surface area contributed by atoms with Crippen LogP contribution in [0.4, 0.5) is 13.2 Å². The third kappa shape index (κ3) is 5.73. The normalized spacial score (nSPS) is 27.4. The Labute approximate surface area is 102 Å². The van der Waals surface area contributed by atoms with Crippen LogP contribution in [0.5, 0.6) is 0 Å². The summed E-state index contributed by atoms with van der Waals surface area (Å²) < 4.78 is 35.9. The number of alkyl halides is 3. The lowest BCUT2D eigenvalue weighted by atomic mass is 9.96. The highest BCUT2D eigenvalue weighted by Crippen LogP contribution is 2.22. The van der Waals surface area contributed by atoms with Crippen LogP contribution in [-0.2, 0) is 0 Å². The number of rotatable bonds is 5. The van der Waals surface area contributed by atoms with E-state index in [4.69, 9.17) is 0 Å². The molecule has 1 atom stereocenters. The van der Waals surface area contributed by atoms with Gasteiger partial charge in [-0.1, -0.05) is 6.92 Å². The fourth-order valence-electron chi connectivity index (χ4n) is 2.23. The second kappa shape index (κ2) is 6.05. The van der Waals surface area contributed by atoms with E-state index in [1.54, 1.807) is 0 Å². The molecule has 102 valence electrons. The Balaban J connectivity index is 2.19. The largest absolute Gasteiger partial charge is 0.389 e. The van der Waals surface area contributed by atoms with Crippen molar-refractivity contribution in [2.45, 2.75) is 51.2 Å². The van der Waals surface area contributed by atoms with Crippen molar-refractivity contribution in [3.63, 3.8) is 0 Å². The van der Waals surface area contributed by atoms with E-state index >= 15 is 0 Å². The third-order valence-corrected chi connectivity index (χ3v) is 3.52. The van der Waals surface area contributed by atoms with E-state index < -0.39 is 12.6 Å². The van der Waals surface area contributed by atoms with E-state index in [2.05, 4.69) is 24.1 Å². The Kier molecular flexibility index (Phi) is 5.25. The molecule has 1 aliphatic rings. The minimum atomic E-state index is -4.00. The summed E-state index contributed by atoms with van der Waals surface area (Å²) in [5.74, 6) is 0. The second-order valence-electron chi connectivity index (χ2n) is 5.19. The number of nitrogens with one attached hydrogen (secondary N) is 1. The molecule has 1 rings (SSSR count). The molecule has 0 aromatic heterocycles. The summed E-state index contributed by atoms with van der Waals surface area (Å²) >= 11 is 0. The van der Waals surface area contributed by atoms with Gasteiger partial charge in [0, 0.05) is 31.6 Å². The van der Waals surface area contributed by atoms with Crippen LogP contribution in [-0.4, -0.2) is 42.8 Å². The lowest BCUT2D eigenvalue weighted by molar-refractivity contribution is -0.135. The molecule has 0 amide bonds. The van der Waals surface area contributed by atoms with Crippen molar-refractivity contribution in [1.82, 2.24) is 10.2 Å². The van der Waals surface area contributed by atoms with Gasteiger partial charge in [-0.05, 0) is 32.7 Å². The number of unbranched alkanes of at least 4 members (excludes halogenated alkanes) is 1. The molecule has 1 aliphatic heterocycles. The van der Waals surface area contributed by atoms with Gasteiger partial charge in [-0.15, -0.1) is 0 Å². The number of nitrogens with zero attached hydrogens (tertiary/aromatic N) is 1. The molecule has 0 spiro atoms. The van der Waals surface area contributed by atoms with Gasteiger partial charge in [-0.2, -0.15) is 13.2 Å². The zero-order valence-electron chi connectivity index (χ0n) is 10.7. The predicted molar refractivity (Wildman–Crippen MR) is 63.0 cm³/mol. The SMILES string of the molecule is CCC1(C)CN(CCCCC(F)(F)F)CCN1. The lowest BCUT2D eigenvalue weighted by Gasteiger charge is -2.41. The molecular weight excluding hydrogens is 229 g/mol. The summed E-state index contributed by atoms with van der Waals surface area (Å²) in [6.45, 7) is 7.92. The van der Waals surface area contributed by atoms with Crippen LogP contribution in [0.2, 0.25) is 0 Å². The summed E-state index contributed by atoms with van der Waals surface area (Å²) in [6.07, 6.45) is -2.72. The summed E-state index contributed by atoms with van der Waals surface area (Å²) in [7, 11) is 0. The Bertz CT molecular complexity index is 230. The molecule has 1 heterocycles. The first-order valence-corrected chi connectivity index (χ1v) is 6.39. The summed E-state index contributed by atoms with van der Waals surface area (Å²) in [5, 5.41) is 3.47. The van der Waals surface area contributed by atoms with E-state index in [1.807, 2.05) is 0 Å². The first-order valence-electron chi connectivity index (χ1n) is 6.39. The van der Waals surface area contributed by atoms with Crippen LogP contribution < -0.4 is 5.32 Å². The maximum absolute atomic E-state index is 12.0. The summed E-state index contributed by atoms with van der Waals surface area (Å²) in [6, 6.07) is 0. The van der Waals surface area contributed by atoms with Gasteiger partial charge >= 0.3 is 6.18 Å². The Morgan fingerprint density at radius 3 is 2.59 bits per heavy atom. The predicted octanol–water partition coefficient (Wildman–Crippen LogP) is 2.79. The molecular formula is C12H23F3N2. The van der Waals surface area contributed by atoms with Gasteiger partial charge in [0.05, 0.1) is 0 Å². The molecule has 0 aromatic rings. The number of hydrogen-bond acceptors (Lipinski definition) is 2. The molecule has 0 saturated carbocycles. The number of piperazine rings is 1. The highest BCUT2D eigenvalue weighted by molar-refractivity contribution is 4.89. The average Bonchev–Trinajstić information content (AvgIpc) is 2.24. The van der Waals surface area contributed by atoms with Crippen molar-refractivity contribution in [2.75, 3.05) is 26.2 Å². The zero-order chi connectivity index (χ0) is 12.9. The van der Waals surface area contributed by atoms with Crippen molar-refractivity contribution in [3.8, 4) is 0 Å². The van der Waals surface area contributed by atoms with Crippen LogP contribution in [0.1, 0.15) is 39.5 Å². The average molecular weight is 252 g/mol. The Hall–Kier alpha value is -0.290. The van der Waals surface area contributed by atoms with E-state index in [-0.39, 0.29) is 12.0 Å². The maximum atomic E-state index is 12.0. The Morgan fingerprint density at radius 2 is 2.00 bits per heavy atom. The molecule has 1 saturated heterocycles. The second-order valence-corrected chi connectivity index (χ2v) is 5.19. The minimum Gasteiger partial charge on any atom is -0.309 e. The van der Waals surface area contributed by atoms with Crippen LogP contribution >= 0.6 is 0 Å². The fraction of sp³-hybridized carbons (Fsp3) is 1.00. The van der Waals surface area contributed by atoms with E-state index in [0.29, 0.717) is 6.42 Å². The first-order chi connectivity index (χ1) is 7.85. The Morgan fingerprint density at radius 1 is 1.29 bits per heavy atom. The molecule has 17 heavy (non-hydrogen) atoms. The lowest BCUT2D eigenvalue weighted by Crippen LogP contribution is -2.58. The molecule has 0 radical (unpaired) electrons. The molecule has 2 nitrogen and oxygen atoms in total. The van der Waals surface area contributed by atoms with E-state index in [1.165, 1.54) is 0 Å². The number of hydrogen-bond donors (Lipinski definition) is 1. The summed E-state index contributed by atoms with van der Waals surface area (Å²) in [5.41, 5.74) is 0.127. The van der Waals surface area contributed by atoms with E-state index in [9.17, 15) is 13.2 Å². The minimum absolute atomic E-state index is 0.127. The van der Waals surface area contributed by atoms with Crippen LogP contribution in [0, 0.1) is 0 Å². The topological polar surface area (TPSA) is 15.3 Å². The standard InChI is InChI=1S/C12H23F3N2/c1-3-11(2)10-17(9-7-16-11)8-5-4-6-12(13,14)15/h16H,3-10H2,1-2H3. The zero-order valence-corrected chi connectivity index (χ0v) is 10.7. The quantitative estimate of drug-likeness (QED) is 0.757. The van der Waals surface area contributed by atoms with Crippen LogP contribution in [0.25, 0.3) is 0 Å². The molecule has 0 aliphatic carbocycles. The monoisotopic (exact) mass is 252 g/mol. The number of halogens is 3. The molecule has 1 N–H and O–H groups in total. The van der Waals surface area contributed by atoms with Crippen molar-refractivity contribution in [1.29, 1.82) is 0 Å². The van der Waals surface area contributed by atoms with Crippen molar-refractivity contribution < 1.29 is 13.2 Å². The first kappa shape index (κ1) is 14.8. The molecule has 1 fully saturated rings. The van der Waals surface area contributed by atoms with Crippen molar-refractivity contribution in [2.24, 2.45) is 0 Å². The van der Waals surface area contributed by atoms with Gasteiger partial charge in [0.15, 0.2) is 0 Å².